The van der Waals surface area contributed by atoms with Gasteiger partial charge in [-0.15, -0.1) is 11.8 Å². The molecule has 0 saturated carbocycles. The molecule has 1 unspecified atom stereocenters. The van der Waals surface area contributed by atoms with Gasteiger partial charge in [0.2, 0.25) is 0 Å². The van der Waals surface area contributed by atoms with Crippen molar-refractivity contribution in [1.29, 1.82) is 0 Å². The second kappa shape index (κ2) is 8.39. The summed E-state index contributed by atoms with van der Waals surface area (Å²) in [5.74, 6) is 2.68. The first-order valence-corrected chi connectivity index (χ1v) is 8.06. The molecule has 1 atom stereocenters. The van der Waals surface area contributed by atoms with Crippen molar-refractivity contribution in [3.05, 3.63) is 18.2 Å². The summed E-state index contributed by atoms with van der Waals surface area (Å²) in [6, 6.07) is 6.50. The van der Waals surface area contributed by atoms with E-state index in [4.69, 9.17) is 14.2 Å². The molecule has 1 aliphatic heterocycles. The predicted molar refractivity (Wildman–Crippen MR) is 82.1 cm³/mol. The van der Waals surface area contributed by atoms with E-state index in [0.29, 0.717) is 19.3 Å². The highest BCUT2D eigenvalue weighted by Crippen LogP contribution is 2.34. The van der Waals surface area contributed by atoms with Gasteiger partial charge in [0.05, 0.1) is 6.61 Å². The Labute approximate surface area is 125 Å². The monoisotopic (exact) mass is 297 g/mol. The molecule has 1 aromatic carbocycles. The second-order valence-electron chi connectivity index (χ2n) is 4.72. The number of benzene rings is 1. The molecule has 1 aliphatic rings. The van der Waals surface area contributed by atoms with Crippen molar-refractivity contribution in [2.75, 3.05) is 39.2 Å². The van der Waals surface area contributed by atoms with Crippen LogP contribution in [0.15, 0.2) is 23.1 Å². The number of methoxy groups -OCH3 is 1. The molecule has 0 aliphatic carbocycles. The third-order valence-electron chi connectivity index (χ3n) is 3.02. The van der Waals surface area contributed by atoms with E-state index in [1.54, 1.807) is 7.11 Å². The molecule has 1 heterocycles. The molecule has 4 nitrogen and oxygen atoms in total. The molecule has 0 aromatic heterocycles. The van der Waals surface area contributed by atoms with Gasteiger partial charge in [0.15, 0.2) is 11.5 Å². The average Bonchev–Trinajstić information content (AvgIpc) is 2.50. The summed E-state index contributed by atoms with van der Waals surface area (Å²) >= 11 is 1.81. The van der Waals surface area contributed by atoms with Crippen LogP contribution in [-0.2, 0) is 4.74 Å². The fourth-order valence-corrected chi connectivity index (χ4v) is 2.99. The molecule has 0 fully saturated rings. The Morgan fingerprint density at radius 2 is 2.10 bits per heavy atom. The molecule has 5 heteroatoms. The fraction of sp³-hybridized carbons (Fsp3) is 0.600. The quantitative estimate of drug-likeness (QED) is 0.747. The zero-order valence-electron chi connectivity index (χ0n) is 12.2. The fourth-order valence-electron chi connectivity index (χ4n) is 2.03. The summed E-state index contributed by atoms with van der Waals surface area (Å²) in [6.45, 7) is 5.19. The Morgan fingerprint density at radius 3 is 2.85 bits per heavy atom. The van der Waals surface area contributed by atoms with Gasteiger partial charge in [0.1, 0.15) is 13.2 Å². The van der Waals surface area contributed by atoms with E-state index >= 15 is 0 Å². The maximum absolute atomic E-state index is 5.60. The van der Waals surface area contributed by atoms with Crippen molar-refractivity contribution in [1.82, 2.24) is 5.32 Å². The van der Waals surface area contributed by atoms with E-state index in [-0.39, 0.29) is 0 Å². The Kier molecular flexibility index (Phi) is 6.50. The standard InChI is InChI=1S/C15H23NO3S/c1-3-6-16-12(10-17-2)11-20-13-4-5-14-15(9-13)19-8-7-18-14/h4-5,9,12,16H,3,6-8,10-11H2,1-2H3. The minimum absolute atomic E-state index is 0.373. The normalized spacial score (nSPS) is 15.1. The Morgan fingerprint density at radius 1 is 1.30 bits per heavy atom. The van der Waals surface area contributed by atoms with Crippen LogP contribution in [-0.4, -0.2) is 45.3 Å². The summed E-state index contributed by atoms with van der Waals surface area (Å²) < 4.78 is 16.4. The smallest absolute Gasteiger partial charge is 0.162 e. The SMILES string of the molecule is CCCNC(COC)CSc1ccc2c(c1)OCCO2. The molecule has 1 N–H and O–H groups in total. The number of hydrogen-bond donors (Lipinski definition) is 1. The van der Waals surface area contributed by atoms with Gasteiger partial charge >= 0.3 is 0 Å². The first-order chi connectivity index (χ1) is 9.83. The topological polar surface area (TPSA) is 39.7 Å². The highest BCUT2D eigenvalue weighted by atomic mass is 32.2. The van der Waals surface area contributed by atoms with Gasteiger partial charge < -0.3 is 19.5 Å². The lowest BCUT2D eigenvalue weighted by Gasteiger charge is -2.20. The zero-order valence-corrected chi connectivity index (χ0v) is 13.0. The Balaban J connectivity index is 1.88. The van der Waals surface area contributed by atoms with Crippen LogP contribution in [0.25, 0.3) is 0 Å². The molecule has 112 valence electrons. The third kappa shape index (κ3) is 4.58. The van der Waals surface area contributed by atoms with Crippen molar-refractivity contribution < 1.29 is 14.2 Å². The van der Waals surface area contributed by atoms with Crippen molar-refractivity contribution in [2.24, 2.45) is 0 Å². The van der Waals surface area contributed by atoms with E-state index in [9.17, 15) is 0 Å². The van der Waals surface area contributed by atoms with Gasteiger partial charge in [-0.25, -0.2) is 0 Å². The summed E-state index contributed by atoms with van der Waals surface area (Å²) in [4.78, 5) is 1.20. The van der Waals surface area contributed by atoms with Crippen molar-refractivity contribution in [3.8, 4) is 11.5 Å². The number of fused-ring (bicyclic) bond motifs is 1. The van der Waals surface area contributed by atoms with Crippen LogP contribution in [0.1, 0.15) is 13.3 Å². The van der Waals surface area contributed by atoms with Crippen LogP contribution in [0.5, 0.6) is 11.5 Å². The maximum Gasteiger partial charge on any atom is 0.162 e. The van der Waals surface area contributed by atoms with Gasteiger partial charge in [-0.3, -0.25) is 0 Å². The maximum atomic E-state index is 5.60. The van der Waals surface area contributed by atoms with Gasteiger partial charge in [0.25, 0.3) is 0 Å². The summed E-state index contributed by atoms with van der Waals surface area (Å²) in [6.07, 6.45) is 1.13. The van der Waals surface area contributed by atoms with Gasteiger partial charge in [0, 0.05) is 23.8 Å². The lowest BCUT2D eigenvalue weighted by Crippen LogP contribution is -2.35. The van der Waals surface area contributed by atoms with Gasteiger partial charge in [-0.1, -0.05) is 6.92 Å². The van der Waals surface area contributed by atoms with Crippen molar-refractivity contribution in [2.45, 2.75) is 24.3 Å². The first kappa shape index (κ1) is 15.5. The van der Waals surface area contributed by atoms with Gasteiger partial charge in [-0.05, 0) is 31.2 Å². The summed E-state index contributed by atoms with van der Waals surface area (Å²) in [5, 5.41) is 3.50. The highest BCUT2D eigenvalue weighted by Gasteiger charge is 2.13. The number of hydrogen-bond acceptors (Lipinski definition) is 5. The average molecular weight is 297 g/mol. The van der Waals surface area contributed by atoms with Gasteiger partial charge in [-0.2, -0.15) is 0 Å². The van der Waals surface area contributed by atoms with Crippen LogP contribution < -0.4 is 14.8 Å². The van der Waals surface area contributed by atoms with Crippen LogP contribution >= 0.6 is 11.8 Å². The molecular formula is C15H23NO3S. The number of thioether (sulfide) groups is 1. The van der Waals surface area contributed by atoms with Crippen LogP contribution in [0.2, 0.25) is 0 Å². The zero-order chi connectivity index (χ0) is 14.2. The molecule has 0 radical (unpaired) electrons. The lowest BCUT2D eigenvalue weighted by atomic mass is 10.3. The predicted octanol–water partition coefficient (Wildman–Crippen LogP) is 2.56. The minimum Gasteiger partial charge on any atom is -0.486 e. The Bertz CT molecular complexity index is 414. The van der Waals surface area contributed by atoms with E-state index in [1.807, 2.05) is 17.8 Å². The number of rotatable bonds is 8. The number of nitrogens with one attached hydrogen (secondary N) is 1. The van der Waals surface area contributed by atoms with E-state index in [0.717, 1.165) is 36.8 Å². The van der Waals surface area contributed by atoms with Crippen molar-refractivity contribution in [3.63, 3.8) is 0 Å². The van der Waals surface area contributed by atoms with Crippen LogP contribution in [0, 0.1) is 0 Å². The highest BCUT2D eigenvalue weighted by molar-refractivity contribution is 7.99. The minimum atomic E-state index is 0.373. The van der Waals surface area contributed by atoms with Crippen LogP contribution in [0.3, 0.4) is 0 Å². The van der Waals surface area contributed by atoms with Crippen LogP contribution in [0.4, 0.5) is 0 Å². The molecule has 0 bridgehead atoms. The van der Waals surface area contributed by atoms with E-state index < -0.39 is 0 Å². The molecule has 2 rings (SSSR count). The second-order valence-corrected chi connectivity index (χ2v) is 5.82. The van der Waals surface area contributed by atoms with E-state index in [1.165, 1.54) is 4.90 Å². The largest absolute Gasteiger partial charge is 0.486 e. The summed E-state index contributed by atoms with van der Waals surface area (Å²) in [7, 11) is 1.75. The lowest BCUT2D eigenvalue weighted by molar-refractivity contribution is 0.171. The number of ether oxygens (including phenoxy) is 3. The molecule has 0 saturated heterocycles. The Hall–Kier alpha value is -0.910. The molecule has 0 amide bonds. The molecule has 20 heavy (non-hydrogen) atoms. The molecule has 0 spiro atoms. The first-order valence-electron chi connectivity index (χ1n) is 7.08. The third-order valence-corrected chi connectivity index (χ3v) is 4.17. The molecule has 1 aromatic rings. The summed E-state index contributed by atoms with van der Waals surface area (Å²) in [5.41, 5.74) is 0. The molecular weight excluding hydrogens is 274 g/mol. The van der Waals surface area contributed by atoms with Crippen molar-refractivity contribution >= 4 is 11.8 Å². The van der Waals surface area contributed by atoms with E-state index in [2.05, 4.69) is 24.4 Å².